The summed E-state index contributed by atoms with van der Waals surface area (Å²) in [6, 6.07) is 0.559. The zero-order chi connectivity index (χ0) is 11.9. The fourth-order valence-corrected chi connectivity index (χ4v) is 2.26. The van der Waals surface area contributed by atoms with Gasteiger partial charge < -0.3 is 10.6 Å². The molecule has 1 heterocycles. The maximum absolute atomic E-state index is 6.11. The predicted molar refractivity (Wildman–Crippen MR) is 67.6 cm³/mol. The van der Waals surface area contributed by atoms with Crippen molar-refractivity contribution in [3.8, 4) is 0 Å². The van der Waals surface area contributed by atoms with Crippen LogP contribution in [0, 0.1) is 12.8 Å². The van der Waals surface area contributed by atoms with Gasteiger partial charge in [-0.3, -0.25) is 0 Å². The summed E-state index contributed by atoms with van der Waals surface area (Å²) in [5, 5.41) is 4.46. The van der Waals surface area contributed by atoms with Crippen LogP contribution in [0.25, 0.3) is 0 Å². The highest BCUT2D eigenvalue weighted by atomic mass is 15.4. The van der Waals surface area contributed by atoms with Crippen molar-refractivity contribution in [2.75, 3.05) is 17.7 Å². The molecule has 1 aliphatic carbocycles. The van der Waals surface area contributed by atoms with Gasteiger partial charge in [-0.25, -0.2) is 4.68 Å². The molecule has 1 unspecified atom stereocenters. The van der Waals surface area contributed by atoms with E-state index >= 15 is 0 Å². The minimum Gasteiger partial charge on any atom is -0.394 e. The minimum atomic E-state index is 0.559. The molecule has 2 rings (SSSR count). The lowest BCUT2D eigenvalue weighted by Gasteiger charge is -2.27. The van der Waals surface area contributed by atoms with Gasteiger partial charge >= 0.3 is 0 Å². The molecule has 1 atom stereocenters. The minimum absolute atomic E-state index is 0.559. The average Bonchev–Trinajstić information content (AvgIpc) is 3.06. The number of rotatable bonds is 4. The number of anilines is 2. The van der Waals surface area contributed by atoms with Crippen LogP contribution in [0.4, 0.5) is 11.5 Å². The first-order valence-corrected chi connectivity index (χ1v) is 6.12. The zero-order valence-electron chi connectivity index (χ0n) is 10.7. The molecule has 4 nitrogen and oxygen atoms in total. The molecule has 1 fully saturated rings. The van der Waals surface area contributed by atoms with Gasteiger partial charge in [0.25, 0.3) is 0 Å². The van der Waals surface area contributed by atoms with Crippen molar-refractivity contribution in [2.24, 2.45) is 5.92 Å². The zero-order valence-corrected chi connectivity index (χ0v) is 10.7. The lowest BCUT2D eigenvalue weighted by atomic mass is 10.2. The second-order valence-electron chi connectivity index (χ2n) is 4.83. The first-order valence-electron chi connectivity index (χ1n) is 6.12. The van der Waals surface area contributed by atoms with Crippen molar-refractivity contribution in [1.29, 1.82) is 0 Å². The van der Waals surface area contributed by atoms with E-state index in [-0.39, 0.29) is 0 Å². The van der Waals surface area contributed by atoms with Crippen LogP contribution in [-0.2, 0) is 6.54 Å². The molecule has 1 aromatic heterocycles. The number of aryl methyl sites for hydroxylation is 2. The molecule has 90 valence electrons. The van der Waals surface area contributed by atoms with E-state index in [0.717, 1.165) is 29.7 Å². The van der Waals surface area contributed by atoms with E-state index in [1.165, 1.54) is 12.8 Å². The fraction of sp³-hybridized carbons (Fsp3) is 0.750. The summed E-state index contributed by atoms with van der Waals surface area (Å²) in [6.07, 6.45) is 2.70. The monoisotopic (exact) mass is 222 g/mol. The van der Waals surface area contributed by atoms with Gasteiger partial charge in [-0.2, -0.15) is 5.10 Å². The average molecular weight is 222 g/mol. The van der Waals surface area contributed by atoms with Crippen LogP contribution in [0.5, 0.6) is 0 Å². The Balaban J connectivity index is 2.30. The normalized spacial score (nSPS) is 17.5. The third-order valence-electron chi connectivity index (χ3n) is 3.69. The van der Waals surface area contributed by atoms with Gasteiger partial charge in [0.05, 0.1) is 11.4 Å². The Bertz CT molecular complexity index is 379. The van der Waals surface area contributed by atoms with Gasteiger partial charge in [-0.15, -0.1) is 0 Å². The maximum atomic E-state index is 6.11. The molecule has 0 aromatic carbocycles. The highest BCUT2D eigenvalue weighted by molar-refractivity contribution is 5.66. The number of hydrogen-bond donors (Lipinski definition) is 1. The molecule has 0 aliphatic heterocycles. The fourth-order valence-electron chi connectivity index (χ4n) is 2.26. The van der Waals surface area contributed by atoms with Gasteiger partial charge in [0, 0.05) is 19.6 Å². The van der Waals surface area contributed by atoms with Crippen LogP contribution in [-0.4, -0.2) is 22.9 Å². The Morgan fingerprint density at radius 1 is 1.56 bits per heavy atom. The molecule has 1 aromatic rings. The highest BCUT2D eigenvalue weighted by Crippen LogP contribution is 2.38. The Hall–Kier alpha value is -1.19. The lowest BCUT2D eigenvalue weighted by molar-refractivity contribution is 0.570. The molecular weight excluding hydrogens is 200 g/mol. The Morgan fingerprint density at radius 2 is 2.19 bits per heavy atom. The van der Waals surface area contributed by atoms with Gasteiger partial charge in [0.2, 0.25) is 0 Å². The number of nitrogens with two attached hydrogens (primary N) is 1. The lowest BCUT2D eigenvalue weighted by Crippen LogP contribution is -2.33. The molecule has 0 spiro atoms. The van der Waals surface area contributed by atoms with E-state index < -0.39 is 0 Å². The van der Waals surface area contributed by atoms with E-state index in [1.54, 1.807) is 0 Å². The Labute approximate surface area is 97.4 Å². The number of nitrogens with zero attached hydrogens (tertiary/aromatic N) is 3. The van der Waals surface area contributed by atoms with Crippen molar-refractivity contribution in [1.82, 2.24) is 9.78 Å². The molecule has 1 saturated carbocycles. The molecule has 0 radical (unpaired) electrons. The van der Waals surface area contributed by atoms with E-state index in [1.807, 2.05) is 11.6 Å². The topological polar surface area (TPSA) is 47.1 Å². The van der Waals surface area contributed by atoms with Crippen LogP contribution in [0.1, 0.15) is 32.4 Å². The van der Waals surface area contributed by atoms with E-state index in [0.29, 0.717) is 6.04 Å². The van der Waals surface area contributed by atoms with Crippen LogP contribution in [0.15, 0.2) is 0 Å². The molecule has 4 heteroatoms. The van der Waals surface area contributed by atoms with E-state index in [2.05, 4.69) is 30.9 Å². The number of hydrogen-bond acceptors (Lipinski definition) is 3. The van der Waals surface area contributed by atoms with Crippen LogP contribution in [0.3, 0.4) is 0 Å². The summed E-state index contributed by atoms with van der Waals surface area (Å²) in [6.45, 7) is 7.22. The third-order valence-corrected chi connectivity index (χ3v) is 3.69. The van der Waals surface area contributed by atoms with Crippen LogP contribution in [0.2, 0.25) is 0 Å². The first kappa shape index (κ1) is 11.3. The number of aromatic nitrogens is 2. The van der Waals surface area contributed by atoms with Crippen molar-refractivity contribution >= 4 is 11.5 Å². The summed E-state index contributed by atoms with van der Waals surface area (Å²) in [7, 11) is 2.13. The maximum Gasteiger partial charge on any atom is 0.150 e. The molecular formula is C12H22N4. The number of nitrogen functional groups attached to an aromatic ring is 1. The summed E-state index contributed by atoms with van der Waals surface area (Å²) in [4.78, 5) is 2.29. The molecule has 1 aliphatic rings. The quantitative estimate of drug-likeness (QED) is 0.848. The van der Waals surface area contributed by atoms with Crippen LogP contribution >= 0.6 is 0 Å². The molecule has 0 saturated heterocycles. The van der Waals surface area contributed by atoms with Crippen molar-refractivity contribution in [2.45, 2.75) is 46.2 Å². The first-order chi connectivity index (χ1) is 7.56. The predicted octanol–water partition coefficient (Wildman–Crippen LogP) is 2.03. The molecule has 2 N–H and O–H groups in total. The Kier molecular flexibility index (Phi) is 2.82. The van der Waals surface area contributed by atoms with Gasteiger partial charge in [0.15, 0.2) is 5.82 Å². The Morgan fingerprint density at radius 3 is 2.69 bits per heavy atom. The SMILES string of the molecule is CCn1nc(C)c(N)c1N(C)C(C)C1CC1. The molecule has 0 bridgehead atoms. The third kappa shape index (κ3) is 1.77. The summed E-state index contributed by atoms with van der Waals surface area (Å²) >= 11 is 0. The summed E-state index contributed by atoms with van der Waals surface area (Å²) < 4.78 is 2.00. The van der Waals surface area contributed by atoms with E-state index in [9.17, 15) is 0 Å². The second-order valence-corrected chi connectivity index (χ2v) is 4.83. The summed E-state index contributed by atoms with van der Waals surface area (Å²) in [5.41, 5.74) is 7.88. The van der Waals surface area contributed by atoms with Crippen LogP contribution < -0.4 is 10.6 Å². The highest BCUT2D eigenvalue weighted by Gasteiger charge is 2.32. The standard InChI is InChI=1S/C12H22N4/c1-5-16-12(11(13)8(2)14-16)15(4)9(3)10-6-7-10/h9-10H,5-7,13H2,1-4H3. The van der Waals surface area contributed by atoms with E-state index in [4.69, 9.17) is 5.73 Å². The second kappa shape index (κ2) is 4.00. The smallest absolute Gasteiger partial charge is 0.150 e. The van der Waals surface area contributed by atoms with Gasteiger partial charge in [0.1, 0.15) is 0 Å². The van der Waals surface area contributed by atoms with Crippen molar-refractivity contribution in [3.63, 3.8) is 0 Å². The van der Waals surface area contributed by atoms with Gasteiger partial charge in [-0.1, -0.05) is 0 Å². The van der Waals surface area contributed by atoms with Crippen molar-refractivity contribution < 1.29 is 0 Å². The molecule has 0 amide bonds. The van der Waals surface area contributed by atoms with Gasteiger partial charge in [-0.05, 0) is 39.5 Å². The largest absolute Gasteiger partial charge is 0.394 e. The van der Waals surface area contributed by atoms with Crippen molar-refractivity contribution in [3.05, 3.63) is 5.69 Å². The molecule has 16 heavy (non-hydrogen) atoms. The summed E-state index contributed by atoms with van der Waals surface area (Å²) in [5.74, 6) is 1.92.